The first-order chi connectivity index (χ1) is 11.3. The molecule has 1 atom stereocenters. The molecule has 134 valence electrons. The standard InChI is InChI=1S/C17H26N2O4S/c1-17(2,3)23-16(21)19-8-4-5-13(11-19)6-9-22-12-14(20)15-18-7-10-24-15/h7,10,13H,4-6,8-9,11-12H2,1-3H3/t13-/m0/s1. The van der Waals surface area contributed by atoms with Crippen molar-refractivity contribution in [3.05, 3.63) is 16.6 Å². The van der Waals surface area contributed by atoms with Crippen molar-refractivity contribution in [3.8, 4) is 0 Å². The molecule has 2 rings (SSSR count). The van der Waals surface area contributed by atoms with Crippen LogP contribution in [-0.4, -0.2) is 53.7 Å². The number of rotatable bonds is 6. The molecule has 1 saturated heterocycles. The summed E-state index contributed by atoms with van der Waals surface area (Å²) in [6.45, 7) is 7.65. The van der Waals surface area contributed by atoms with E-state index >= 15 is 0 Å². The Balaban J connectivity index is 1.67. The van der Waals surface area contributed by atoms with E-state index in [0.717, 1.165) is 25.8 Å². The molecule has 1 aromatic rings. The van der Waals surface area contributed by atoms with Gasteiger partial charge in [-0.05, 0) is 46.0 Å². The van der Waals surface area contributed by atoms with Crippen LogP contribution in [0.4, 0.5) is 4.79 Å². The maximum Gasteiger partial charge on any atom is 0.410 e. The van der Waals surface area contributed by atoms with Gasteiger partial charge in [-0.1, -0.05) is 0 Å². The minimum atomic E-state index is -0.469. The molecule has 1 fully saturated rings. The summed E-state index contributed by atoms with van der Waals surface area (Å²) in [5.74, 6) is 0.310. The fraction of sp³-hybridized carbons (Fsp3) is 0.706. The number of nitrogens with zero attached hydrogens (tertiary/aromatic N) is 2. The van der Waals surface area contributed by atoms with E-state index in [0.29, 0.717) is 24.1 Å². The van der Waals surface area contributed by atoms with Gasteiger partial charge in [0.1, 0.15) is 12.2 Å². The number of ketones is 1. The van der Waals surface area contributed by atoms with Gasteiger partial charge in [0, 0.05) is 31.3 Å². The molecule has 7 heteroatoms. The zero-order chi connectivity index (χ0) is 17.6. The molecule has 0 spiro atoms. The molecule has 0 unspecified atom stereocenters. The van der Waals surface area contributed by atoms with Gasteiger partial charge >= 0.3 is 6.09 Å². The lowest BCUT2D eigenvalue weighted by Crippen LogP contribution is -2.43. The predicted molar refractivity (Wildman–Crippen MR) is 92.4 cm³/mol. The molecular weight excluding hydrogens is 328 g/mol. The zero-order valence-corrected chi connectivity index (χ0v) is 15.4. The molecule has 0 bridgehead atoms. The third-order valence-electron chi connectivity index (χ3n) is 3.75. The molecule has 24 heavy (non-hydrogen) atoms. The predicted octanol–water partition coefficient (Wildman–Crippen LogP) is 3.38. The van der Waals surface area contributed by atoms with Crippen molar-refractivity contribution in [2.45, 2.75) is 45.6 Å². The molecule has 1 aromatic heterocycles. The molecule has 0 saturated carbocycles. The number of aromatic nitrogens is 1. The molecule has 0 radical (unpaired) electrons. The number of amides is 1. The fourth-order valence-corrected chi connectivity index (χ4v) is 3.19. The molecule has 0 N–H and O–H groups in total. The highest BCUT2D eigenvalue weighted by molar-refractivity contribution is 7.11. The van der Waals surface area contributed by atoms with Crippen molar-refractivity contribution in [1.29, 1.82) is 0 Å². The Morgan fingerprint density at radius 3 is 2.88 bits per heavy atom. The topological polar surface area (TPSA) is 68.7 Å². The zero-order valence-electron chi connectivity index (χ0n) is 14.6. The molecular formula is C17H26N2O4S. The normalized spacial score (nSPS) is 18.5. The second kappa shape index (κ2) is 8.58. The number of Topliss-reactive ketones (excluding diaryl/α,β-unsaturated/α-hetero) is 1. The van der Waals surface area contributed by atoms with Crippen molar-refractivity contribution in [2.24, 2.45) is 5.92 Å². The molecule has 2 heterocycles. The average Bonchev–Trinajstić information content (AvgIpc) is 3.04. The third-order valence-corrected chi connectivity index (χ3v) is 4.56. The van der Waals surface area contributed by atoms with Crippen LogP contribution in [-0.2, 0) is 9.47 Å². The SMILES string of the molecule is CC(C)(C)OC(=O)N1CCC[C@@H](CCOCC(=O)c2nccs2)C1. The highest BCUT2D eigenvalue weighted by Crippen LogP contribution is 2.21. The van der Waals surface area contributed by atoms with Gasteiger partial charge in [-0.25, -0.2) is 9.78 Å². The van der Waals surface area contributed by atoms with E-state index in [9.17, 15) is 9.59 Å². The van der Waals surface area contributed by atoms with Gasteiger partial charge in [0.2, 0.25) is 5.78 Å². The van der Waals surface area contributed by atoms with Crippen LogP contribution in [0.5, 0.6) is 0 Å². The summed E-state index contributed by atoms with van der Waals surface area (Å²) in [5, 5.41) is 2.27. The minimum Gasteiger partial charge on any atom is -0.444 e. The lowest BCUT2D eigenvalue weighted by atomic mass is 9.95. The minimum absolute atomic E-state index is 0.0655. The van der Waals surface area contributed by atoms with E-state index < -0.39 is 5.60 Å². The van der Waals surface area contributed by atoms with Crippen LogP contribution in [0.3, 0.4) is 0 Å². The van der Waals surface area contributed by atoms with Crippen molar-refractivity contribution in [1.82, 2.24) is 9.88 Å². The number of hydrogen-bond acceptors (Lipinski definition) is 6. The Bertz CT molecular complexity index is 539. The second-order valence-corrected chi connectivity index (χ2v) is 7.93. The summed E-state index contributed by atoms with van der Waals surface area (Å²) < 4.78 is 10.9. The Morgan fingerprint density at radius 1 is 1.42 bits per heavy atom. The van der Waals surface area contributed by atoms with Gasteiger partial charge in [-0.15, -0.1) is 11.3 Å². The summed E-state index contributed by atoms with van der Waals surface area (Å²) in [6.07, 6.45) is 4.26. The van der Waals surface area contributed by atoms with Crippen LogP contribution in [0, 0.1) is 5.92 Å². The molecule has 1 amide bonds. The van der Waals surface area contributed by atoms with Crippen molar-refractivity contribution < 1.29 is 19.1 Å². The van der Waals surface area contributed by atoms with Crippen LogP contribution < -0.4 is 0 Å². The van der Waals surface area contributed by atoms with Gasteiger partial charge in [0.15, 0.2) is 5.01 Å². The molecule has 0 aromatic carbocycles. The quantitative estimate of drug-likeness (QED) is 0.579. The van der Waals surface area contributed by atoms with E-state index in [4.69, 9.17) is 9.47 Å². The Morgan fingerprint density at radius 2 is 2.21 bits per heavy atom. The van der Waals surface area contributed by atoms with Crippen LogP contribution in [0.2, 0.25) is 0 Å². The summed E-state index contributed by atoms with van der Waals surface area (Å²) in [4.78, 5) is 29.7. The lowest BCUT2D eigenvalue weighted by molar-refractivity contribution is 0.0141. The van der Waals surface area contributed by atoms with Gasteiger partial charge in [-0.2, -0.15) is 0 Å². The Hall–Kier alpha value is -1.47. The van der Waals surface area contributed by atoms with Crippen LogP contribution in [0.15, 0.2) is 11.6 Å². The molecule has 6 nitrogen and oxygen atoms in total. The number of ether oxygens (including phenoxy) is 2. The van der Waals surface area contributed by atoms with E-state index in [1.54, 1.807) is 16.5 Å². The Kier molecular flexibility index (Phi) is 6.74. The summed E-state index contributed by atoms with van der Waals surface area (Å²) in [5.41, 5.74) is -0.469. The number of thiazole rings is 1. The summed E-state index contributed by atoms with van der Waals surface area (Å²) in [6, 6.07) is 0. The number of piperidine rings is 1. The first kappa shape index (κ1) is 18.9. The number of carbonyl (C=O) groups is 2. The smallest absolute Gasteiger partial charge is 0.410 e. The largest absolute Gasteiger partial charge is 0.444 e. The van der Waals surface area contributed by atoms with E-state index in [1.807, 2.05) is 20.8 Å². The van der Waals surface area contributed by atoms with E-state index in [1.165, 1.54) is 11.3 Å². The van der Waals surface area contributed by atoms with Gasteiger partial charge in [-0.3, -0.25) is 4.79 Å². The first-order valence-electron chi connectivity index (χ1n) is 8.33. The first-order valence-corrected chi connectivity index (χ1v) is 9.21. The van der Waals surface area contributed by atoms with Crippen LogP contribution in [0.25, 0.3) is 0 Å². The summed E-state index contributed by atoms with van der Waals surface area (Å²) >= 11 is 1.33. The van der Waals surface area contributed by atoms with Gasteiger partial charge in [0.25, 0.3) is 0 Å². The molecule has 1 aliphatic rings. The average molecular weight is 354 g/mol. The van der Waals surface area contributed by atoms with Crippen LogP contribution >= 0.6 is 11.3 Å². The highest BCUT2D eigenvalue weighted by Gasteiger charge is 2.27. The number of carbonyl (C=O) groups excluding carboxylic acids is 2. The van der Waals surface area contributed by atoms with Gasteiger partial charge < -0.3 is 14.4 Å². The van der Waals surface area contributed by atoms with Gasteiger partial charge in [0.05, 0.1) is 0 Å². The molecule has 0 aliphatic carbocycles. The lowest BCUT2D eigenvalue weighted by Gasteiger charge is -2.34. The number of hydrogen-bond donors (Lipinski definition) is 0. The maximum atomic E-state index is 12.1. The van der Waals surface area contributed by atoms with Crippen LogP contribution in [0.1, 0.15) is 49.8 Å². The monoisotopic (exact) mass is 354 g/mol. The summed E-state index contributed by atoms with van der Waals surface area (Å²) in [7, 11) is 0. The second-order valence-electron chi connectivity index (χ2n) is 7.04. The highest BCUT2D eigenvalue weighted by atomic mass is 32.1. The van der Waals surface area contributed by atoms with Crippen molar-refractivity contribution >= 4 is 23.2 Å². The van der Waals surface area contributed by atoms with Crippen molar-refractivity contribution in [2.75, 3.05) is 26.3 Å². The fourth-order valence-electron chi connectivity index (χ4n) is 2.63. The molecule has 1 aliphatic heterocycles. The third kappa shape index (κ3) is 6.20. The number of likely N-dealkylation sites (tertiary alicyclic amines) is 1. The van der Waals surface area contributed by atoms with E-state index in [2.05, 4.69) is 4.98 Å². The Labute approximate surface area is 147 Å². The van der Waals surface area contributed by atoms with E-state index in [-0.39, 0.29) is 18.5 Å². The maximum absolute atomic E-state index is 12.1. The van der Waals surface area contributed by atoms with Crippen molar-refractivity contribution in [3.63, 3.8) is 0 Å².